The lowest BCUT2D eigenvalue weighted by Crippen LogP contribution is -2.60. The average molecular weight is 703 g/mol. The Balaban J connectivity index is 1.68. The molecule has 2 aliphatic heterocycles. The van der Waals surface area contributed by atoms with Crippen LogP contribution in [-0.4, -0.2) is 74.5 Å². The molecule has 0 aromatic heterocycles. The number of sulfone groups is 1. The van der Waals surface area contributed by atoms with Crippen molar-refractivity contribution in [2.75, 3.05) is 25.0 Å². The maximum atomic E-state index is 16.2. The van der Waals surface area contributed by atoms with Gasteiger partial charge in [-0.1, -0.05) is 23.7 Å². The third-order valence-electron chi connectivity index (χ3n) is 9.50. The Hall–Kier alpha value is -3.14. The first-order valence-corrected chi connectivity index (χ1v) is 15.9. The zero-order chi connectivity index (χ0) is 34.3. The molecule has 0 radical (unpaired) electrons. The Morgan fingerprint density at radius 1 is 0.935 bits per heavy atom. The monoisotopic (exact) mass is 702 g/mol. The van der Waals surface area contributed by atoms with Gasteiger partial charge in [0, 0.05) is 36.4 Å². The number of anilines is 1. The van der Waals surface area contributed by atoms with Crippen LogP contribution in [0.1, 0.15) is 43.2 Å². The van der Waals surface area contributed by atoms with E-state index >= 15 is 8.78 Å². The molecule has 7 nitrogen and oxygen atoms in total. The van der Waals surface area contributed by atoms with Crippen molar-refractivity contribution in [3.05, 3.63) is 58.6 Å². The lowest BCUT2D eigenvalue weighted by Gasteiger charge is -2.47. The summed E-state index contributed by atoms with van der Waals surface area (Å²) in [6.45, 7) is -0.850. The number of hydrogen-bond donors (Lipinski definition) is 1. The first-order chi connectivity index (χ1) is 21.1. The Bertz CT molecular complexity index is 1640. The Morgan fingerprint density at radius 2 is 1.50 bits per heavy atom. The van der Waals surface area contributed by atoms with Crippen molar-refractivity contribution in [3.63, 3.8) is 0 Å². The predicted octanol–water partition coefficient (Wildman–Crippen LogP) is 6.33. The SMILES string of the molecule is CN1CC2N(C(=O)[C@]3(F)CC[C@@H](C(=O)O)CC3)CCC2(S(=O)(=O)c2ccc(Cl)cc2)c2ccc(C(F)(C(F)(F)F)C(F)(F)F)cc21. The van der Waals surface area contributed by atoms with E-state index < -0.39 is 99.2 Å². The van der Waals surface area contributed by atoms with E-state index in [1.807, 2.05) is 0 Å². The lowest BCUT2D eigenvalue weighted by atomic mass is 9.78. The van der Waals surface area contributed by atoms with Gasteiger partial charge in [0.05, 0.1) is 16.9 Å². The van der Waals surface area contributed by atoms with E-state index in [0.29, 0.717) is 12.1 Å². The Morgan fingerprint density at radius 3 is 2.02 bits per heavy atom. The lowest BCUT2D eigenvalue weighted by molar-refractivity contribution is -0.348. The van der Waals surface area contributed by atoms with Crippen LogP contribution in [0, 0.1) is 5.92 Å². The third-order valence-corrected chi connectivity index (χ3v) is 12.3. The number of rotatable bonds is 5. The smallest absolute Gasteiger partial charge is 0.435 e. The second-order valence-electron chi connectivity index (χ2n) is 12.0. The van der Waals surface area contributed by atoms with E-state index in [-0.39, 0.29) is 40.9 Å². The molecule has 1 saturated heterocycles. The van der Waals surface area contributed by atoms with Crippen molar-refractivity contribution in [1.82, 2.24) is 4.90 Å². The van der Waals surface area contributed by atoms with Gasteiger partial charge in [-0.2, -0.15) is 26.3 Å². The molecule has 252 valence electrons. The molecule has 46 heavy (non-hydrogen) atoms. The molecule has 2 heterocycles. The molecule has 2 aromatic carbocycles. The van der Waals surface area contributed by atoms with Crippen molar-refractivity contribution >= 4 is 39.0 Å². The number of likely N-dealkylation sites (tertiary alicyclic amines) is 1. The molecule has 2 aromatic rings. The Labute approximate surface area is 263 Å². The maximum Gasteiger partial charge on any atom is 0.435 e. The summed E-state index contributed by atoms with van der Waals surface area (Å²) in [5, 5.41) is 9.45. The summed E-state index contributed by atoms with van der Waals surface area (Å²) in [6, 6.07) is 4.60. The second-order valence-corrected chi connectivity index (χ2v) is 14.6. The van der Waals surface area contributed by atoms with E-state index in [4.69, 9.17) is 11.6 Å². The summed E-state index contributed by atoms with van der Waals surface area (Å²) in [7, 11) is -3.46. The van der Waals surface area contributed by atoms with E-state index in [2.05, 4.69) is 0 Å². The highest BCUT2D eigenvalue weighted by molar-refractivity contribution is 7.92. The minimum Gasteiger partial charge on any atom is -0.481 e. The molecule has 17 heteroatoms. The van der Waals surface area contributed by atoms with Gasteiger partial charge in [0.25, 0.3) is 5.91 Å². The van der Waals surface area contributed by atoms with Crippen LogP contribution in [0.2, 0.25) is 5.02 Å². The normalized spacial score (nSPS) is 27.3. The highest BCUT2D eigenvalue weighted by atomic mass is 35.5. The summed E-state index contributed by atoms with van der Waals surface area (Å²) in [5.41, 5.74) is -10.9. The zero-order valence-corrected chi connectivity index (χ0v) is 25.5. The van der Waals surface area contributed by atoms with Crippen molar-refractivity contribution in [2.45, 2.75) is 71.5 Å². The summed E-state index contributed by atoms with van der Waals surface area (Å²) in [5.74, 6) is -3.13. The first-order valence-electron chi connectivity index (χ1n) is 14.0. The number of hydrogen-bond acceptors (Lipinski definition) is 5. The zero-order valence-electron chi connectivity index (χ0n) is 23.9. The number of amides is 1. The van der Waals surface area contributed by atoms with Crippen molar-refractivity contribution in [1.29, 1.82) is 0 Å². The van der Waals surface area contributed by atoms with E-state index in [1.54, 1.807) is 0 Å². The number of carbonyl (C=O) groups is 2. The summed E-state index contributed by atoms with van der Waals surface area (Å²) in [4.78, 5) is 27.0. The van der Waals surface area contributed by atoms with Gasteiger partial charge in [-0.3, -0.25) is 9.59 Å². The topological polar surface area (TPSA) is 95.0 Å². The first kappa shape index (κ1) is 34.2. The van der Waals surface area contributed by atoms with Crippen molar-refractivity contribution in [3.8, 4) is 0 Å². The van der Waals surface area contributed by atoms with Crippen LogP contribution in [0.5, 0.6) is 0 Å². The number of aliphatic carboxylic acids is 1. The average Bonchev–Trinajstić information content (AvgIpc) is 3.36. The van der Waals surface area contributed by atoms with Gasteiger partial charge in [-0.05, 0) is 68.0 Å². The number of halogens is 9. The highest BCUT2D eigenvalue weighted by Gasteiger charge is 2.74. The minimum absolute atomic E-state index is 0.152. The molecular weight excluding hydrogens is 676 g/mol. The van der Waals surface area contributed by atoms with Crippen LogP contribution >= 0.6 is 11.6 Å². The number of carbonyl (C=O) groups excluding carboxylic acids is 1. The van der Waals surface area contributed by atoms with Gasteiger partial charge < -0.3 is 14.9 Å². The molecule has 5 rings (SSSR count). The third kappa shape index (κ3) is 4.92. The van der Waals surface area contributed by atoms with Gasteiger partial charge in [0.1, 0.15) is 4.75 Å². The van der Waals surface area contributed by atoms with Crippen LogP contribution in [0.15, 0.2) is 47.4 Å². The van der Waals surface area contributed by atoms with Crippen LogP contribution in [-0.2, 0) is 29.8 Å². The molecular formula is C29H27ClF8N2O5S. The van der Waals surface area contributed by atoms with Crippen LogP contribution in [0.3, 0.4) is 0 Å². The number of carboxylic acid groups (broad SMARTS) is 1. The predicted molar refractivity (Wildman–Crippen MR) is 148 cm³/mol. The fourth-order valence-electron chi connectivity index (χ4n) is 7.01. The van der Waals surface area contributed by atoms with Gasteiger partial charge in [-0.15, -0.1) is 0 Å². The van der Waals surface area contributed by atoms with Gasteiger partial charge >= 0.3 is 24.0 Å². The van der Waals surface area contributed by atoms with Gasteiger partial charge in [-0.25, -0.2) is 17.2 Å². The fraction of sp³-hybridized carbons (Fsp3) is 0.517. The highest BCUT2D eigenvalue weighted by Crippen LogP contribution is 2.58. The molecule has 1 N–H and O–H groups in total. The number of likely N-dealkylation sites (N-methyl/N-ethyl adjacent to an activating group) is 1. The van der Waals surface area contributed by atoms with Crippen molar-refractivity contribution in [2.24, 2.45) is 5.92 Å². The molecule has 2 atom stereocenters. The van der Waals surface area contributed by atoms with Crippen LogP contribution < -0.4 is 4.90 Å². The molecule has 0 spiro atoms. The summed E-state index contributed by atoms with van der Waals surface area (Å²) < 4.78 is 140. The molecule has 1 saturated carbocycles. The van der Waals surface area contributed by atoms with Gasteiger partial charge in [0.15, 0.2) is 15.5 Å². The second kappa shape index (κ2) is 11.0. The standard InChI is InChI=1S/C29H27ClF8N2O5S/c1-39-15-22-26(46(44,45)19-5-3-18(30)4-6-19,12-13-40(22)24(43)25(31)10-8-16(9-11-25)23(41)42)20-7-2-17(14-21(20)39)27(32,28(33,34)35)29(36,37)38/h2-7,14,16,22H,8-13,15H2,1H3,(H,41,42)/t16-,22?,25+,26?. The summed E-state index contributed by atoms with van der Waals surface area (Å²) in [6.07, 6.45) is -14.5. The summed E-state index contributed by atoms with van der Waals surface area (Å²) >= 11 is 5.93. The number of alkyl halides is 8. The van der Waals surface area contributed by atoms with E-state index in [1.165, 1.54) is 19.2 Å². The molecule has 2 fully saturated rings. The molecule has 2 unspecified atom stereocenters. The minimum atomic E-state index is -6.42. The van der Waals surface area contributed by atoms with E-state index in [9.17, 15) is 49.5 Å². The number of carboxylic acids is 1. The van der Waals surface area contributed by atoms with E-state index in [0.717, 1.165) is 21.9 Å². The number of benzene rings is 2. The number of nitrogens with zero attached hydrogens (tertiary/aromatic N) is 2. The van der Waals surface area contributed by atoms with Crippen LogP contribution in [0.25, 0.3) is 0 Å². The molecule has 1 aliphatic carbocycles. The van der Waals surface area contributed by atoms with Crippen LogP contribution in [0.4, 0.5) is 40.8 Å². The Kier molecular flexibility index (Phi) is 8.15. The molecule has 0 bridgehead atoms. The number of fused-ring (bicyclic) bond motifs is 3. The molecule has 3 aliphatic rings. The quantitative estimate of drug-likeness (QED) is 0.366. The molecule has 1 amide bonds. The van der Waals surface area contributed by atoms with Gasteiger partial charge in [0.2, 0.25) is 0 Å². The van der Waals surface area contributed by atoms with Crippen molar-refractivity contribution < 1.29 is 58.2 Å². The largest absolute Gasteiger partial charge is 0.481 e. The maximum absolute atomic E-state index is 16.2. The fourth-order valence-corrected chi connectivity index (χ4v) is 9.43.